The van der Waals surface area contributed by atoms with Gasteiger partial charge in [-0.05, 0) is 54.0 Å². The molecule has 1 aliphatic rings. The summed E-state index contributed by atoms with van der Waals surface area (Å²) in [6.45, 7) is 1.96. The largest absolute Gasteiger partial charge is 0.335 e. The molecule has 88 valence electrons. The summed E-state index contributed by atoms with van der Waals surface area (Å²) in [4.78, 5) is 11.6. The van der Waals surface area contributed by atoms with Crippen LogP contribution in [0.25, 0.3) is 0 Å². The van der Waals surface area contributed by atoms with E-state index in [1.165, 1.54) is 11.3 Å². The van der Waals surface area contributed by atoms with Gasteiger partial charge in [-0.3, -0.25) is 5.32 Å². The van der Waals surface area contributed by atoms with Gasteiger partial charge in [0.05, 0.1) is 8.79 Å². The van der Waals surface area contributed by atoms with Gasteiger partial charge < -0.3 is 10.6 Å². The number of piperidine rings is 1. The summed E-state index contributed by atoms with van der Waals surface area (Å²) in [6, 6.07) is 3.99. The summed E-state index contributed by atoms with van der Waals surface area (Å²) >= 11 is 4.87. The maximum Gasteiger partial charge on any atom is 0.320 e. The van der Waals surface area contributed by atoms with Crippen LogP contribution in [0.2, 0.25) is 0 Å². The lowest BCUT2D eigenvalue weighted by molar-refractivity contribution is 0.245. The highest BCUT2D eigenvalue weighted by Crippen LogP contribution is 2.26. The fourth-order valence-corrected chi connectivity index (χ4v) is 2.96. The number of carbonyl (C=O) groups is 1. The van der Waals surface area contributed by atoms with Crippen molar-refractivity contribution in [2.45, 2.75) is 18.9 Å². The van der Waals surface area contributed by atoms with Crippen molar-refractivity contribution >= 4 is 38.3 Å². The van der Waals surface area contributed by atoms with Gasteiger partial charge in [-0.25, -0.2) is 4.79 Å². The van der Waals surface area contributed by atoms with Gasteiger partial charge in [0.15, 0.2) is 0 Å². The van der Waals surface area contributed by atoms with Crippen molar-refractivity contribution < 1.29 is 4.79 Å². The molecule has 0 spiro atoms. The van der Waals surface area contributed by atoms with Crippen LogP contribution in [0, 0.1) is 0 Å². The van der Waals surface area contributed by atoms with Crippen LogP contribution < -0.4 is 16.0 Å². The zero-order valence-electron chi connectivity index (χ0n) is 8.75. The Morgan fingerprint density at radius 2 is 2.19 bits per heavy atom. The number of hydrogen-bond donors (Lipinski definition) is 3. The first-order valence-corrected chi connectivity index (χ1v) is 6.88. The van der Waals surface area contributed by atoms with Crippen molar-refractivity contribution in [2.24, 2.45) is 0 Å². The quantitative estimate of drug-likeness (QED) is 0.786. The summed E-state index contributed by atoms with van der Waals surface area (Å²) < 4.78 is 1.02. The number of anilines is 1. The van der Waals surface area contributed by atoms with E-state index >= 15 is 0 Å². The van der Waals surface area contributed by atoms with E-state index in [2.05, 4.69) is 31.9 Å². The molecule has 0 radical (unpaired) electrons. The minimum Gasteiger partial charge on any atom is -0.335 e. The Kier molecular flexibility index (Phi) is 4.20. The monoisotopic (exact) mass is 303 g/mol. The number of nitrogens with one attached hydrogen (secondary N) is 3. The van der Waals surface area contributed by atoms with Crippen molar-refractivity contribution in [3.63, 3.8) is 0 Å². The van der Waals surface area contributed by atoms with Crippen LogP contribution in [0.4, 0.5) is 9.80 Å². The van der Waals surface area contributed by atoms with Gasteiger partial charge in [-0.15, -0.1) is 11.3 Å². The SMILES string of the molecule is O=C(Nc1ccc(Br)s1)NC1CCNCC1. The molecular weight excluding hydrogens is 290 g/mol. The fraction of sp³-hybridized carbons (Fsp3) is 0.500. The molecule has 2 heterocycles. The van der Waals surface area contributed by atoms with E-state index in [1.807, 2.05) is 12.1 Å². The number of carbonyl (C=O) groups excluding carboxylic acids is 1. The molecule has 3 N–H and O–H groups in total. The number of thiophene rings is 1. The standard InChI is InChI=1S/C10H14BrN3OS/c11-8-1-2-9(16-8)14-10(15)13-7-3-5-12-6-4-7/h1-2,7,12H,3-6H2,(H2,13,14,15). The van der Waals surface area contributed by atoms with Crippen LogP contribution in [-0.4, -0.2) is 25.2 Å². The van der Waals surface area contributed by atoms with E-state index in [4.69, 9.17) is 0 Å². The lowest BCUT2D eigenvalue weighted by Crippen LogP contribution is -2.44. The molecule has 2 amide bonds. The Labute approximate surface area is 107 Å². The average Bonchev–Trinajstić information content (AvgIpc) is 2.65. The van der Waals surface area contributed by atoms with Crippen LogP contribution in [0.3, 0.4) is 0 Å². The summed E-state index contributed by atoms with van der Waals surface area (Å²) in [6.07, 6.45) is 2.00. The molecule has 0 aromatic carbocycles. The molecule has 1 aromatic rings. The Hall–Kier alpha value is -0.590. The van der Waals surface area contributed by atoms with Crippen molar-refractivity contribution in [1.29, 1.82) is 0 Å². The third-order valence-corrected chi connectivity index (χ3v) is 4.02. The van der Waals surface area contributed by atoms with Crippen molar-refractivity contribution in [3.05, 3.63) is 15.9 Å². The lowest BCUT2D eigenvalue weighted by atomic mass is 10.1. The van der Waals surface area contributed by atoms with E-state index in [0.29, 0.717) is 6.04 Å². The van der Waals surface area contributed by atoms with E-state index < -0.39 is 0 Å². The highest BCUT2D eigenvalue weighted by Gasteiger charge is 2.15. The van der Waals surface area contributed by atoms with Crippen LogP contribution in [0.5, 0.6) is 0 Å². The van der Waals surface area contributed by atoms with Gasteiger partial charge in [-0.1, -0.05) is 0 Å². The third kappa shape index (κ3) is 3.47. The molecule has 6 heteroatoms. The summed E-state index contributed by atoms with van der Waals surface area (Å²) in [5.41, 5.74) is 0. The van der Waals surface area contributed by atoms with E-state index in [0.717, 1.165) is 34.7 Å². The first kappa shape index (κ1) is 11.9. The molecule has 0 unspecified atom stereocenters. The van der Waals surface area contributed by atoms with Crippen LogP contribution >= 0.6 is 27.3 Å². The second-order valence-electron chi connectivity index (χ2n) is 3.73. The minimum atomic E-state index is -0.110. The normalized spacial score (nSPS) is 17.1. The van der Waals surface area contributed by atoms with Crippen molar-refractivity contribution in [3.8, 4) is 0 Å². The first-order valence-electron chi connectivity index (χ1n) is 5.27. The minimum absolute atomic E-state index is 0.110. The molecule has 0 bridgehead atoms. The highest BCUT2D eigenvalue weighted by atomic mass is 79.9. The zero-order chi connectivity index (χ0) is 11.4. The number of hydrogen-bond acceptors (Lipinski definition) is 3. The summed E-state index contributed by atoms with van der Waals surface area (Å²) in [5, 5.41) is 9.93. The first-order chi connectivity index (χ1) is 7.74. The smallest absolute Gasteiger partial charge is 0.320 e. The predicted molar refractivity (Wildman–Crippen MR) is 70.1 cm³/mol. The van der Waals surface area contributed by atoms with Crippen molar-refractivity contribution in [2.75, 3.05) is 18.4 Å². The molecule has 1 saturated heterocycles. The number of halogens is 1. The molecular formula is C10H14BrN3OS. The van der Waals surface area contributed by atoms with Gasteiger partial charge in [0.2, 0.25) is 0 Å². The number of rotatable bonds is 2. The summed E-state index contributed by atoms with van der Waals surface area (Å²) in [5.74, 6) is 0. The Balaban J connectivity index is 1.79. The maximum atomic E-state index is 11.6. The fourth-order valence-electron chi connectivity index (χ4n) is 1.68. The molecule has 1 fully saturated rings. The molecule has 0 atom stereocenters. The maximum absolute atomic E-state index is 11.6. The van der Waals surface area contributed by atoms with Crippen LogP contribution in [-0.2, 0) is 0 Å². The van der Waals surface area contributed by atoms with Crippen molar-refractivity contribution in [1.82, 2.24) is 10.6 Å². The van der Waals surface area contributed by atoms with Gasteiger partial charge in [0.25, 0.3) is 0 Å². The molecule has 4 nitrogen and oxygen atoms in total. The molecule has 0 aliphatic carbocycles. The van der Waals surface area contributed by atoms with Gasteiger partial charge in [0.1, 0.15) is 0 Å². The van der Waals surface area contributed by atoms with E-state index in [9.17, 15) is 4.79 Å². The van der Waals surface area contributed by atoms with Gasteiger partial charge >= 0.3 is 6.03 Å². The molecule has 1 aromatic heterocycles. The molecule has 16 heavy (non-hydrogen) atoms. The van der Waals surface area contributed by atoms with Gasteiger partial charge in [-0.2, -0.15) is 0 Å². The molecule has 2 rings (SSSR count). The average molecular weight is 304 g/mol. The van der Waals surface area contributed by atoms with Crippen LogP contribution in [0.1, 0.15) is 12.8 Å². The third-order valence-electron chi connectivity index (χ3n) is 2.48. The zero-order valence-corrected chi connectivity index (χ0v) is 11.2. The Bertz CT molecular complexity index is 363. The second kappa shape index (κ2) is 5.65. The number of urea groups is 1. The summed E-state index contributed by atoms with van der Waals surface area (Å²) in [7, 11) is 0. The van der Waals surface area contributed by atoms with Crippen LogP contribution in [0.15, 0.2) is 15.9 Å². The Morgan fingerprint density at radius 3 is 2.81 bits per heavy atom. The highest BCUT2D eigenvalue weighted by molar-refractivity contribution is 9.11. The lowest BCUT2D eigenvalue weighted by Gasteiger charge is -2.23. The topological polar surface area (TPSA) is 53.2 Å². The van der Waals surface area contributed by atoms with E-state index in [-0.39, 0.29) is 6.03 Å². The molecule has 0 saturated carbocycles. The molecule has 1 aliphatic heterocycles. The van der Waals surface area contributed by atoms with Gasteiger partial charge in [0, 0.05) is 6.04 Å². The predicted octanol–water partition coefficient (Wildman–Crippen LogP) is 2.38. The number of amides is 2. The Morgan fingerprint density at radius 1 is 1.44 bits per heavy atom. The van der Waals surface area contributed by atoms with E-state index in [1.54, 1.807) is 0 Å². The second-order valence-corrected chi connectivity index (χ2v) is 6.19.